The molecule has 0 spiro atoms. The summed E-state index contributed by atoms with van der Waals surface area (Å²) < 4.78 is 10.7. The monoisotopic (exact) mass is 871 g/mol. The van der Waals surface area contributed by atoms with Crippen molar-refractivity contribution in [2.45, 2.75) is 180 Å². The first-order valence-corrected chi connectivity index (χ1v) is 22.8. The van der Waals surface area contributed by atoms with Gasteiger partial charge in [0.15, 0.2) is 5.78 Å². The van der Waals surface area contributed by atoms with Gasteiger partial charge in [-0.3, -0.25) is 38.4 Å². The number of hydrogen-bond acceptors (Lipinski definition) is 10. The number of carbonyl (C=O) groups excluding carboxylic acids is 4. The number of aliphatic carboxylic acids is 4. The van der Waals surface area contributed by atoms with E-state index in [9.17, 15) is 48.6 Å². The highest BCUT2D eigenvalue weighted by Crippen LogP contribution is 2.18. The van der Waals surface area contributed by atoms with Gasteiger partial charge in [0.2, 0.25) is 11.8 Å². The van der Waals surface area contributed by atoms with Gasteiger partial charge in [-0.25, -0.2) is 0 Å². The number of carboxylic acid groups (broad SMARTS) is 4. The van der Waals surface area contributed by atoms with E-state index in [0.717, 1.165) is 44.9 Å². The number of carbonyl (C=O) groups is 8. The van der Waals surface area contributed by atoms with E-state index in [1.807, 2.05) is 0 Å². The highest BCUT2D eigenvalue weighted by atomic mass is 16.5. The van der Waals surface area contributed by atoms with Gasteiger partial charge in [0, 0.05) is 51.6 Å². The third kappa shape index (κ3) is 37.6. The predicted molar refractivity (Wildman–Crippen MR) is 229 cm³/mol. The number of Topliss-reactive ketones (excluding diaryl/α,β-unsaturated/α-hetero) is 2. The van der Waals surface area contributed by atoms with Crippen molar-refractivity contribution in [3.63, 3.8) is 0 Å². The van der Waals surface area contributed by atoms with Crippen molar-refractivity contribution in [3.8, 4) is 0 Å². The van der Waals surface area contributed by atoms with Crippen LogP contribution in [0.2, 0.25) is 0 Å². The summed E-state index contributed by atoms with van der Waals surface area (Å²) in [6.45, 7) is 2.16. The number of carboxylic acids is 4. The Hall–Kier alpha value is -3.92. The van der Waals surface area contributed by atoms with E-state index in [4.69, 9.17) is 19.7 Å². The molecule has 0 saturated heterocycles. The van der Waals surface area contributed by atoms with Crippen LogP contribution in [0.3, 0.4) is 0 Å². The molecule has 6 N–H and O–H groups in total. The molecule has 0 aliphatic heterocycles. The Kier molecular flexibility index (Phi) is 36.5. The molecule has 0 fully saturated rings. The van der Waals surface area contributed by atoms with Crippen LogP contribution in [0, 0.1) is 17.8 Å². The van der Waals surface area contributed by atoms with E-state index in [1.54, 1.807) is 6.92 Å². The summed E-state index contributed by atoms with van der Waals surface area (Å²) >= 11 is 0. The van der Waals surface area contributed by atoms with Crippen LogP contribution in [0.4, 0.5) is 0 Å². The van der Waals surface area contributed by atoms with E-state index < -0.39 is 47.4 Å². The molecule has 0 unspecified atom stereocenters. The first-order valence-electron chi connectivity index (χ1n) is 22.8. The zero-order valence-electron chi connectivity index (χ0n) is 36.9. The van der Waals surface area contributed by atoms with Crippen LogP contribution in [0.15, 0.2) is 0 Å². The molecule has 0 aliphatic rings. The van der Waals surface area contributed by atoms with Crippen LogP contribution >= 0.6 is 0 Å². The minimum Gasteiger partial charge on any atom is -0.481 e. The summed E-state index contributed by atoms with van der Waals surface area (Å²) in [4.78, 5) is 93.7. The predicted octanol–water partition coefficient (Wildman–Crippen LogP) is 7.13. The Morgan fingerprint density at radius 2 is 0.852 bits per heavy atom. The lowest BCUT2D eigenvalue weighted by atomic mass is 9.94. The summed E-state index contributed by atoms with van der Waals surface area (Å²) in [5.41, 5.74) is 0. The first-order chi connectivity index (χ1) is 29.2. The molecule has 0 radical (unpaired) electrons. The summed E-state index contributed by atoms with van der Waals surface area (Å²) in [6, 6.07) is 0. The number of hydrogen-bond donors (Lipinski definition) is 6. The zero-order chi connectivity index (χ0) is 45.5. The Morgan fingerprint density at radius 3 is 1.31 bits per heavy atom. The molecule has 0 saturated carbocycles. The Labute approximate surface area is 363 Å². The lowest BCUT2D eigenvalue weighted by Gasteiger charge is -2.12. The number of amides is 2. The van der Waals surface area contributed by atoms with Gasteiger partial charge in [0.1, 0.15) is 12.4 Å². The standard InChI is InChI=1S/C45H78N2O14/c1-35(43(54)55)20-18-19-27-46-40(50)25-24-37(45(58)59)33-39(49)34-61-31-30-60-29-28-47-41(51)26-23-36(44(56)57)32-38(48)21-16-14-12-10-8-6-4-2-3-5-7-9-11-13-15-17-22-42(52)53/h35-37H,2-34H2,1H3,(H,46,50)(H,47,51)(H,52,53)(H,54,55)(H,56,57)(H,58,59)/t35-,36+,37+/m0/s1. The molecule has 0 aliphatic carbocycles. The second kappa shape index (κ2) is 39.0. The maximum absolute atomic E-state index is 12.5. The average molecular weight is 871 g/mol. The second-order valence-corrected chi connectivity index (χ2v) is 16.3. The van der Waals surface area contributed by atoms with Crippen molar-refractivity contribution in [1.82, 2.24) is 10.6 Å². The van der Waals surface area contributed by atoms with Crippen LogP contribution in [-0.2, 0) is 47.8 Å². The lowest BCUT2D eigenvalue weighted by molar-refractivity contribution is -0.145. The van der Waals surface area contributed by atoms with Crippen molar-refractivity contribution in [2.24, 2.45) is 17.8 Å². The minimum absolute atomic E-state index is 0.0141. The highest BCUT2D eigenvalue weighted by molar-refractivity contribution is 5.85. The molecular formula is C45H78N2O14. The Bertz CT molecular complexity index is 1260. The summed E-state index contributed by atoms with van der Waals surface area (Å²) in [7, 11) is 0. The average Bonchev–Trinajstić information content (AvgIpc) is 3.20. The largest absolute Gasteiger partial charge is 0.481 e. The molecule has 0 aromatic heterocycles. The molecule has 0 bridgehead atoms. The van der Waals surface area contributed by atoms with Crippen molar-refractivity contribution >= 4 is 47.3 Å². The number of rotatable bonds is 45. The van der Waals surface area contributed by atoms with E-state index in [1.165, 1.54) is 57.8 Å². The maximum Gasteiger partial charge on any atom is 0.306 e. The summed E-state index contributed by atoms with van der Waals surface area (Å²) in [6.07, 6.45) is 19.8. The van der Waals surface area contributed by atoms with Gasteiger partial charge in [0.25, 0.3) is 0 Å². The molecule has 61 heavy (non-hydrogen) atoms. The molecule has 16 nitrogen and oxygen atoms in total. The third-order valence-corrected chi connectivity index (χ3v) is 10.7. The van der Waals surface area contributed by atoms with Gasteiger partial charge in [-0.1, -0.05) is 103 Å². The SMILES string of the molecule is C[C@@H](CCCCNC(=O)CC[C@H](CC(=O)COCCOCCNC(=O)CC[C@H](CC(=O)CCCCCCCCCCCCCCCCCCC(=O)O)C(=O)O)C(=O)O)C(=O)O. The Morgan fingerprint density at radius 1 is 0.426 bits per heavy atom. The number of unbranched alkanes of at least 4 members (excludes halogenated alkanes) is 16. The van der Waals surface area contributed by atoms with E-state index >= 15 is 0 Å². The maximum atomic E-state index is 12.5. The topological polar surface area (TPSA) is 260 Å². The quantitative estimate of drug-likeness (QED) is 0.0333. The fourth-order valence-electron chi connectivity index (χ4n) is 6.79. The lowest BCUT2D eigenvalue weighted by Crippen LogP contribution is -2.29. The minimum atomic E-state index is -1.19. The Balaban J connectivity index is 3.88. The fraction of sp³-hybridized carbons (Fsp3) is 0.822. The van der Waals surface area contributed by atoms with Crippen molar-refractivity contribution in [2.75, 3.05) is 39.5 Å². The van der Waals surface area contributed by atoms with Gasteiger partial charge >= 0.3 is 23.9 Å². The molecule has 0 rings (SSSR count). The van der Waals surface area contributed by atoms with Crippen LogP contribution in [0.1, 0.15) is 180 Å². The van der Waals surface area contributed by atoms with E-state index in [2.05, 4.69) is 10.6 Å². The van der Waals surface area contributed by atoms with Crippen LogP contribution in [-0.4, -0.2) is 107 Å². The highest BCUT2D eigenvalue weighted by Gasteiger charge is 2.23. The van der Waals surface area contributed by atoms with Crippen molar-refractivity contribution in [3.05, 3.63) is 0 Å². The normalized spacial score (nSPS) is 12.6. The fourth-order valence-corrected chi connectivity index (χ4v) is 6.79. The van der Waals surface area contributed by atoms with Gasteiger partial charge in [-0.05, 0) is 38.5 Å². The first kappa shape index (κ1) is 57.1. The third-order valence-electron chi connectivity index (χ3n) is 10.7. The zero-order valence-corrected chi connectivity index (χ0v) is 36.9. The van der Waals surface area contributed by atoms with E-state index in [0.29, 0.717) is 32.2 Å². The van der Waals surface area contributed by atoms with Crippen LogP contribution < -0.4 is 10.6 Å². The molecule has 16 heteroatoms. The molecule has 0 heterocycles. The molecule has 3 atom stereocenters. The van der Waals surface area contributed by atoms with Crippen molar-refractivity contribution in [1.29, 1.82) is 0 Å². The van der Waals surface area contributed by atoms with Crippen LogP contribution in [0.25, 0.3) is 0 Å². The van der Waals surface area contributed by atoms with Gasteiger partial charge in [0.05, 0.1) is 37.6 Å². The van der Waals surface area contributed by atoms with Gasteiger partial charge in [-0.15, -0.1) is 0 Å². The molecule has 0 aromatic carbocycles. The molecule has 352 valence electrons. The smallest absolute Gasteiger partial charge is 0.306 e. The summed E-state index contributed by atoms with van der Waals surface area (Å²) in [5.74, 6) is -7.48. The second-order valence-electron chi connectivity index (χ2n) is 16.3. The molecule has 2 amide bonds. The van der Waals surface area contributed by atoms with E-state index in [-0.39, 0.29) is 95.5 Å². The van der Waals surface area contributed by atoms with Gasteiger partial charge < -0.3 is 40.5 Å². The molecular weight excluding hydrogens is 792 g/mol. The number of nitrogens with one attached hydrogen (secondary N) is 2. The van der Waals surface area contributed by atoms with Crippen LogP contribution in [0.5, 0.6) is 0 Å². The number of ketones is 2. The van der Waals surface area contributed by atoms with Gasteiger partial charge in [-0.2, -0.15) is 0 Å². The molecule has 0 aromatic rings. The van der Waals surface area contributed by atoms with Crippen molar-refractivity contribution < 1.29 is 68.3 Å². The number of ether oxygens (including phenoxy) is 2. The summed E-state index contributed by atoms with van der Waals surface area (Å²) in [5, 5.41) is 41.9.